The summed E-state index contributed by atoms with van der Waals surface area (Å²) in [6, 6.07) is -4.55. The van der Waals surface area contributed by atoms with Crippen molar-refractivity contribution in [3.8, 4) is 0 Å². The number of hydrogen-bond donors (Lipinski definition) is 14. The first kappa shape index (κ1) is 89.4. The van der Waals surface area contributed by atoms with Gasteiger partial charge in [-0.05, 0) is 155 Å². The molecule has 0 aliphatic carbocycles. The van der Waals surface area contributed by atoms with Gasteiger partial charge in [0, 0.05) is 65.2 Å². The maximum Gasteiger partial charge on any atom is 0.242 e. The molecule has 0 aromatic heterocycles. The number of nitrogens with two attached hydrogens (primary N) is 8. The monoisotopic (exact) mass is 1340 g/mol. The Balaban J connectivity index is 6.20. The lowest BCUT2D eigenvalue weighted by Gasteiger charge is -2.26. The minimum Gasteiger partial charge on any atom is -0.355 e. The van der Waals surface area contributed by atoms with Gasteiger partial charge in [0.2, 0.25) is 47.3 Å². The molecule has 0 bridgehead atoms. The lowest BCUT2D eigenvalue weighted by atomic mass is 10.1. The highest BCUT2D eigenvalue weighted by atomic mass is 16.2. The van der Waals surface area contributed by atoms with Gasteiger partial charge in [0.05, 0.1) is 24.2 Å². The smallest absolute Gasteiger partial charge is 0.242 e. The molecule has 0 aliphatic rings. The van der Waals surface area contributed by atoms with Crippen LogP contribution in [0.3, 0.4) is 0 Å². The molecule has 24 heteroatoms. The van der Waals surface area contributed by atoms with Crippen LogP contribution in [0, 0.1) is 0 Å². The van der Waals surface area contributed by atoms with E-state index in [-0.39, 0.29) is 48.5 Å². The molecular weight excluding hydrogens is 1190 g/mol. The maximum absolute atomic E-state index is 14.0. The summed E-state index contributed by atoms with van der Waals surface area (Å²) in [7, 11) is 0. The molecule has 0 rings (SSSR count). The molecule has 6 atom stereocenters. The maximum atomic E-state index is 14.0. The first-order valence-corrected chi connectivity index (χ1v) is 37.6. The number of carbonyl (C=O) groups is 8. The average Bonchev–Trinajstić information content (AvgIpc) is 1.64. The van der Waals surface area contributed by atoms with Gasteiger partial charge < -0.3 is 87.6 Å². The van der Waals surface area contributed by atoms with Gasteiger partial charge in [-0.2, -0.15) is 0 Å². The molecule has 0 radical (unpaired) electrons. The van der Waals surface area contributed by atoms with Gasteiger partial charge in [-0.25, -0.2) is 0 Å². The highest BCUT2D eigenvalue weighted by molar-refractivity contribution is 5.90. The van der Waals surface area contributed by atoms with Crippen LogP contribution in [-0.4, -0.2) is 172 Å². The Hall–Kier alpha value is -4.56. The molecule has 0 saturated heterocycles. The zero-order valence-corrected chi connectivity index (χ0v) is 59.4. The van der Waals surface area contributed by atoms with Crippen LogP contribution in [0.1, 0.15) is 284 Å². The van der Waals surface area contributed by atoms with Crippen LogP contribution >= 0.6 is 0 Å². The summed E-state index contributed by atoms with van der Waals surface area (Å²) in [4.78, 5) is 111. The van der Waals surface area contributed by atoms with Gasteiger partial charge in [-0.3, -0.25) is 38.4 Å². The second kappa shape index (κ2) is 63.2. The summed E-state index contributed by atoms with van der Waals surface area (Å²) >= 11 is 0. The molecule has 0 fully saturated rings. The van der Waals surface area contributed by atoms with E-state index in [0.29, 0.717) is 181 Å². The molecule has 0 aromatic carbocycles. The highest BCUT2D eigenvalue weighted by Crippen LogP contribution is 2.16. The molecule has 0 spiro atoms. The van der Waals surface area contributed by atoms with Gasteiger partial charge in [-0.15, -0.1) is 0 Å². The third-order valence-electron chi connectivity index (χ3n) is 17.5. The number of hydrogen-bond acceptors (Lipinski definition) is 16. The van der Waals surface area contributed by atoms with Crippen molar-refractivity contribution >= 4 is 47.3 Å². The largest absolute Gasteiger partial charge is 0.355 e. The van der Waals surface area contributed by atoms with Crippen molar-refractivity contribution in [1.29, 1.82) is 0 Å². The van der Waals surface area contributed by atoms with Crippen molar-refractivity contribution in [2.24, 2.45) is 45.9 Å². The first-order chi connectivity index (χ1) is 45.5. The van der Waals surface area contributed by atoms with Crippen molar-refractivity contribution in [3.05, 3.63) is 0 Å². The van der Waals surface area contributed by atoms with Crippen LogP contribution in [0.4, 0.5) is 0 Å². The first-order valence-electron chi connectivity index (χ1n) is 37.6. The summed E-state index contributed by atoms with van der Waals surface area (Å²) < 4.78 is 0. The van der Waals surface area contributed by atoms with E-state index in [4.69, 9.17) is 45.9 Å². The summed E-state index contributed by atoms with van der Waals surface area (Å²) in [6.45, 7) is 9.58. The van der Waals surface area contributed by atoms with Crippen molar-refractivity contribution in [2.75, 3.05) is 78.5 Å². The number of nitrogens with one attached hydrogen (secondary N) is 6. The Morgan fingerprint density at radius 3 is 0.840 bits per heavy atom. The Morgan fingerprint density at radius 2 is 0.532 bits per heavy atom. The van der Waals surface area contributed by atoms with Crippen molar-refractivity contribution in [2.45, 2.75) is 320 Å². The summed E-state index contributed by atoms with van der Waals surface area (Å²) in [5, 5.41) is 17.5. The molecule has 0 aromatic rings. The van der Waals surface area contributed by atoms with Crippen LogP contribution in [0.15, 0.2) is 0 Å². The number of amides is 8. The standard InChI is InChI=1S/C70H142N16O8/c1-3-5-7-9-11-13-15-17-19-43-63(87)85(55-35-51-81-69(93)61(83-67(91)59(77)39-23-29-47-73)41-25-31-49-79-65(89)57(75)37-21-27-45-71)53-33-34-54-86(64(88)44-20-18-16-14-12-10-8-6-4-2)56-36-52-82-70(94)62(84-68(92)60(78)40-24-30-48-74)42-26-32-50-80-66(90)58(76)38-22-28-46-72/h57-62H,3-56,71-78H2,1-2H3,(H,79,89)(H,80,90)(H,81,93)(H,82,94)(H,83,91)(H,84,92)/t57-,58-,59-,60-,61-,62-/m0/s1. The Bertz CT molecular complexity index is 1790. The lowest BCUT2D eigenvalue weighted by molar-refractivity contribution is -0.133. The van der Waals surface area contributed by atoms with Crippen molar-refractivity contribution in [1.82, 2.24) is 41.7 Å². The predicted octanol–water partition coefficient (Wildman–Crippen LogP) is 5.65. The van der Waals surface area contributed by atoms with Gasteiger partial charge in [0.1, 0.15) is 12.1 Å². The van der Waals surface area contributed by atoms with Crippen LogP contribution < -0.4 is 77.8 Å². The van der Waals surface area contributed by atoms with Crippen molar-refractivity contribution < 1.29 is 38.4 Å². The third kappa shape index (κ3) is 49.9. The molecule has 22 N–H and O–H groups in total. The van der Waals surface area contributed by atoms with E-state index in [1.54, 1.807) is 0 Å². The van der Waals surface area contributed by atoms with Gasteiger partial charge in [0.25, 0.3) is 0 Å². The predicted molar refractivity (Wildman–Crippen MR) is 382 cm³/mol. The molecule has 0 saturated carbocycles. The van der Waals surface area contributed by atoms with E-state index < -0.39 is 48.1 Å². The minimum atomic E-state index is -0.856. The van der Waals surface area contributed by atoms with Crippen LogP contribution in [0.25, 0.3) is 0 Å². The summed E-state index contributed by atoms with van der Waals surface area (Å²) in [5.74, 6) is -1.87. The van der Waals surface area contributed by atoms with Crippen LogP contribution in [-0.2, 0) is 38.4 Å². The van der Waals surface area contributed by atoms with E-state index in [1.165, 1.54) is 64.2 Å². The molecule has 0 aliphatic heterocycles. The minimum absolute atomic E-state index is 0.0602. The Kier molecular flexibility index (Phi) is 60.1. The number of unbranched alkanes of at least 4 members (excludes halogenated alkanes) is 23. The topological polar surface area (TPSA) is 423 Å². The van der Waals surface area contributed by atoms with Crippen molar-refractivity contribution in [3.63, 3.8) is 0 Å². The number of rotatable bonds is 67. The van der Waals surface area contributed by atoms with Gasteiger partial charge >= 0.3 is 0 Å². The normalized spacial score (nSPS) is 13.3. The SMILES string of the molecule is CCCCCCCCCCCC(=O)N(CCCCN(CCCNC(=O)[C@H](CCCCNC(=O)[C@@H](N)CCCCN)NC(=O)[C@@H](N)CCCCN)C(=O)CCCCCCCCCCC)CCCNC(=O)[C@H](CCCCNC(=O)[C@@H](N)CCCCN)NC(=O)[C@@H](N)CCCCN. The van der Waals surface area contributed by atoms with Crippen LogP contribution in [0.2, 0.25) is 0 Å². The fraction of sp³-hybridized carbons (Fsp3) is 0.886. The zero-order chi connectivity index (χ0) is 69.7. The van der Waals surface area contributed by atoms with E-state index in [2.05, 4.69) is 45.7 Å². The van der Waals surface area contributed by atoms with E-state index in [9.17, 15) is 38.4 Å². The zero-order valence-electron chi connectivity index (χ0n) is 59.4. The van der Waals surface area contributed by atoms with Gasteiger partial charge in [-0.1, -0.05) is 142 Å². The second-order valence-electron chi connectivity index (χ2n) is 26.2. The van der Waals surface area contributed by atoms with Crippen LogP contribution in [0.5, 0.6) is 0 Å². The summed E-state index contributed by atoms with van der Waals surface area (Å²) in [6.07, 6.45) is 34.3. The third-order valence-corrected chi connectivity index (χ3v) is 17.5. The average molecular weight is 1340 g/mol. The van der Waals surface area contributed by atoms with E-state index >= 15 is 0 Å². The molecule has 0 unspecified atom stereocenters. The fourth-order valence-electron chi connectivity index (χ4n) is 11.3. The Morgan fingerprint density at radius 1 is 0.277 bits per heavy atom. The molecule has 24 nitrogen and oxygen atoms in total. The molecule has 0 heterocycles. The molecular formula is C70H142N16O8. The molecule has 8 amide bonds. The van der Waals surface area contributed by atoms with E-state index in [0.717, 1.165) is 89.9 Å². The molecule has 94 heavy (non-hydrogen) atoms. The van der Waals surface area contributed by atoms with E-state index in [1.807, 2.05) is 9.80 Å². The summed E-state index contributed by atoms with van der Waals surface area (Å²) in [5.41, 5.74) is 47.2. The fourth-order valence-corrected chi connectivity index (χ4v) is 11.3. The highest BCUT2D eigenvalue weighted by Gasteiger charge is 2.26. The lowest BCUT2D eigenvalue weighted by Crippen LogP contribution is -2.52. The van der Waals surface area contributed by atoms with Gasteiger partial charge in [0.15, 0.2) is 0 Å². The number of nitrogens with zero attached hydrogens (tertiary/aromatic N) is 2. The Labute approximate surface area is 569 Å². The molecule has 550 valence electrons. The second-order valence-corrected chi connectivity index (χ2v) is 26.2. The quantitative estimate of drug-likeness (QED) is 0.0327. The number of carbonyl (C=O) groups excluding carboxylic acids is 8.